The van der Waals surface area contributed by atoms with Gasteiger partial charge in [-0.05, 0) is 29.8 Å². The van der Waals surface area contributed by atoms with E-state index in [4.69, 9.17) is 10.00 Å². The van der Waals surface area contributed by atoms with Gasteiger partial charge < -0.3 is 10.1 Å². The zero-order valence-corrected chi connectivity index (χ0v) is 12.0. The van der Waals surface area contributed by atoms with Crippen LogP contribution in [0.2, 0.25) is 0 Å². The molecule has 0 fully saturated rings. The monoisotopic (exact) mass is 318 g/mol. The van der Waals surface area contributed by atoms with Gasteiger partial charge >= 0.3 is 6.18 Å². The van der Waals surface area contributed by atoms with Crippen LogP contribution in [0, 0.1) is 11.3 Å². The SMILES string of the molecule is N#Cc1ccc(NCC2Cc3ccccc3O2)cc1C(F)(F)F. The first kappa shape index (κ1) is 15.2. The van der Waals surface area contributed by atoms with Gasteiger partial charge in [0.2, 0.25) is 0 Å². The average Bonchev–Trinajstić information content (AvgIpc) is 2.94. The standard InChI is InChI=1S/C17H13F3N2O/c18-17(19,20)15-8-13(6-5-12(15)9-21)22-10-14-7-11-3-1-2-4-16(11)23-14/h1-6,8,14,22H,7,10H2. The Morgan fingerprint density at radius 1 is 1.22 bits per heavy atom. The van der Waals surface area contributed by atoms with Gasteiger partial charge in [0.1, 0.15) is 11.9 Å². The third-order valence-electron chi connectivity index (χ3n) is 3.69. The molecular formula is C17H13F3N2O. The average molecular weight is 318 g/mol. The number of fused-ring (bicyclic) bond motifs is 1. The van der Waals surface area contributed by atoms with E-state index in [9.17, 15) is 13.2 Å². The first-order valence-corrected chi connectivity index (χ1v) is 7.07. The molecule has 1 aliphatic heterocycles. The van der Waals surface area contributed by atoms with Crippen molar-refractivity contribution in [2.24, 2.45) is 0 Å². The summed E-state index contributed by atoms with van der Waals surface area (Å²) < 4.78 is 44.5. The van der Waals surface area contributed by atoms with E-state index < -0.39 is 11.7 Å². The van der Waals surface area contributed by atoms with Gasteiger partial charge in [-0.2, -0.15) is 18.4 Å². The topological polar surface area (TPSA) is 45.0 Å². The molecule has 1 N–H and O–H groups in total. The van der Waals surface area contributed by atoms with E-state index in [1.165, 1.54) is 12.1 Å². The molecular weight excluding hydrogens is 305 g/mol. The van der Waals surface area contributed by atoms with Gasteiger partial charge in [-0.1, -0.05) is 18.2 Å². The number of hydrogen-bond donors (Lipinski definition) is 1. The lowest BCUT2D eigenvalue weighted by Gasteiger charge is -2.15. The van der Waals surface area contributed by atoms with Crippen molar-refractivity contribution in [3.63, 3.8) is 0 Å². The summed E-state index contributed by atoms with van der Waals surface area (Å²) >= 11 is 0. The molecule has 0 radical (unpaired) electrons. The third kappa shape index (κ3) is 3.24. The van der Waals surface area contributed by atoms with Gasteiger partial charge in [0.15, 0.2) is 0 Å². The molecule has 3 rings (SSSR count). The van der Waals surface area contributed by atoms with Crippen LogP contribution < -0.4 is 10.1 Å². The molecule has 0 saturated carbocycles. The molecule has 6 heteroatoms. The highest BCUT2D eigenvalue weighted by Crippen LogP contribution is 2.34. The van der Waals surface area contributed by atoms with Crippen LogP contribution >= 0.6 is 0 Å². The molecule has 2 aromatic carbocycles. The lowest BCUT2D eigenvalue weighted by Crippen LogP contribution is -2.24. The van der Waals surface area contributed by atoms with Crippen LogP contribution in [0.4, 0.5) is 18.9 Å². The summed E-state index contributed by atoms with van der Waals surface area (Å²) in [4.78, 5) is 0. The fraction of sp³-hybridized carbons (Fsp3) is 0.235. The normalized spacial score (nSPS) is 16.3. The van der Waals surface area contributed by atoms with Crippen molar-refractivity contribution in [2.75, 3.05) is 11.9 Å². The van der Waals surface area contributed by atoms with E-state index in [0.717, 1.165) is 17.4 Å². The van der Waals surface area contributed by atoms with Gasteiger partial charge in [-0.25, -0.2) is 0 Å². The minimum atomic E-state index is -4.55. The number of nitrogens with zero attached hydrogens (tertiary/aromatic N) is 1. The highest BCUT2D eigenvalue weighted by Gasteiger charge is 2.34. The minimum absolute atomic E-state index is 0.127. The molecule has 0 aliphatic carbocycles. The molecule has 1 aliphatic rings. The summed E-state index contributed by atoms with van der Waals surface area (Å²) in [6, 6.07) is 12.8. The maximum atomic E-state index is 12.9. The second kappa shape index (κ2) is 5.84. The largest absolute Gasteiger partial charge is 0.488 e. The van der Waals surface area contributed by atoms with Crippen LogP contribution in [0.25, 0.3) is 0 Å². The number of nitrogens with one attached hydrogen (secondary N) is 1. The molecule has 0 spiro atoms. The van der Waals surface area contributed by atoms with E-state index in [2.05, 4.69) is 5.32 Å². The van der Waals surface area contributed by atoms with E-state index >= 15 is 0 Å². The fourth-order valence-corrected chi connectivity index (χ4v) is 2.59. The Balaban J connectivity index is 1.69. The lowest BCUT2D eigenvalue weighted by molar-refractivity contribution is -0.137. The molecule has 2 aromatic rings. The van der Waals surface area contributed by atoms with Crippen molar-refractivity contribution in [1.82, 2.24) is 0 Å². The second-order valence-electron chi connectivity index (χ2n) is 5.30. The minimum Gasteiger partial charge on any atom is -0.488 e. The van der Waals surface area contributed by atoms with Crippen LogP contribution in [0.15, 0.2) is 42.5 Å². The number of ether oxygens (including phenoxy) is 1. The van der Waals surface area contributed by atoms with Gasteiger partial charge in [0.25, 0.3) is 0 Å². The maximum absolute atomic E-state index is 12.9. The molecule has 1 heterocycles. The van der Waals surface area contributed by atoms with Crippen molar-refractivity contribution < 1.29 is 17.9 Å². The zero-order valence-electron chi connectivity index (χ0n) is 12.0. The van der Waals surface area contributed by atoms with Crippen LogP contribution in [0.1, 0.15) is 16.7 Å². The number of nitriles is 1. The smallest absolute Gasteiger partial charge is 0.417 e. The molecule has 118 valence electrons. The van der Waals surface area contributed by atoms with E-state index in [0.29, 0.717) is 18.7 Å². The number of anilines is 1. The number of rotatable bonds is 3. The van der Waals surface area contributed by atoms with Gasteiger partial charge in [-0.3, -0.25) is 0 Å². The van der Waals surface area contributed by atoms with E-state index in [1.807, 2.05) is 24.3 Å². The quantitative estimate of drug-likeness (QED) is 0.930. The molecule has 0 amide bonds. The Morgan fingerprint density at radius 3 is 2.70 bits per heavy atom. The van der Waals surface area contributed by atoms with Crippen LogP contribution in [0.3, 0.4) is 0 Å². The van der Waals surface area contributed by atoms with Crippen LogP contribution in [0.5, 0.6) is 5.75 Å². The number of hydrogen-bond acceptors (Lipinski definition) is 3. The predicted octanol–water partition coefficient (Wildman–Crippen LogP) is 3.99. The maximum Gasteiger partial charge on any atom is 0.417 e. The number of alkyl halides is 3. The number of halogens is 3. The van der Waals surface area contributed by atoms with Crippen molar-refractivity contribution in [1.29, 1.82) is 5.26 Å². The molecule has 23 heavy (non-hydrogen) atoms. The number of para-hydroxylation sites is 1. The highest BCUT2D eigenvalue weighted by molar-refractivity contribution is 5.53. The summed E-state index contributed by atoms with van der Waals surface area (Å²) in [6.45, 7) is 0.387. The lowest BCUT2D eigenvalue weighted by atomic mass is 10.1. The first-order chi connectivity index (χ1) is 11.0. The van der Waals surface area contributed by atoms with Crippen molar-refractivity contribution in [3.8, 4) is 11.8 Å². The molecule has 0 bridgehead atoms. The van der Waals surface area contributed by atoms with Gasteiger partial charge in [-0.15, -0.1) is 0 Å². The summed E-state index contributed by atoms with van der Waals surface area (Å²) in [5.74, 6) is 0.815. The Labute approximate surface area is 131 Å². The van der Waals surface area contributed by atoms with Crippen molar-refractivity contribution in [3.05, 3.63) is 59.2 Å². The third-order valence-corrected chi connectivity index (χ3v) is 3.69. The predicted molar refractivity (Wildman–Crippen MR) is 79.2 cm³/mol. The van der Waals surface area contributed by atoms with Crippen molar-refractivity contribution >= 4 is 5.69 Å². The summed E-state index contributed by atoms with van der Waals surface area (Å²) in [7, 11) is 0. The van der Waals surface area contributed by atoms with E-state index in [1.54, 1.807) is 6.07 Å². The highest BCUT2D eigenvalue weighted by atomic mass is 19.4. The first-order valence-electron chi connectivity index (χ1n) is 7.07. The molecule has 3 nitrogen and oxygen atoms in total. The van der Waals surface area contributed by atoms with Gasteiger partial charge in [0.05, 0.1) is 23.7 Å². The summed E-state index contributed by atoms with van der Waals surface area (Å²) in [6.07, 6.45) is -3.97. The summed E-state index contributed by atoms with van der Waals surface area (Å²) in [5.41, 5.74) is 0.0965. The fourth-order valence-electron chi connectivity index (χ4n) is 2.59. The van der Waals surface area contributed by atoms with Crippen molar-refractivity contribution in [2.45, 2.75) is 18.7 Å². The van der Waals surface area contributed by atoms with E-state index in [-0.39, 0.29) is 11.7 Å². The Bertz CT molecular complexity index is 740. The van der Waals surface area contributed by atoms with Crippen LogP contribution in [-0.4, -0.2) is 12.6 Å². The van der Waals surface area contributed by atoms with Crippen LogP contribution in [-0.2, 0) is 12.6 Å². The van der Waals surface area contributed by atoms with Gasteiger partial charge in [0, 0.05) is 12.1 Å². The molecule has 0 saturated heterocycles. The zero-order chi connectivity index (χ0) is 16.4. The second-order valence-corrected chi connectivity index (χ2v) is 5.30. The number of benzene rings is 2. The Morgan fingerprint density at radius 2 is 2.00 bits per heavy atom. The molecule has 1 unspecified atom stereocenters. The Hall–Kier alpha value is -2.68. The molecule has 1 atom stereocenters. The molecule has 0 aromatic heterocycles. The Kier molecular flexibility index (Phi) is 3.87. The summed E-state index contributed by atoms with van der Waals surface area (Å²) in [5, 5.41) is 11.7.